The summed E-state index contributed by atoms with van der Waals surface area (Å²) in [6.45, 7) is 5.61. The quantitative estimate of drug-likeness (QED) is 0.717. The maximum atomic E-state index is 5.54. The molecule has 3 heteroatoms. The van der Waals surface area contributed by atoms with Crippen LogP contribution in [0.3, 0.4) is 0 Å². The van der Waals surface area contributed by atoms with Gasteiger partial charge in [-0.2, -0.15) is 0 Å². The second-order valence-corrected chi connectivity index (χ2v) is 4.00. The van der Waals surface area contributed by atoms with Crippen molar-refractivity contribution < 1.29 is 4.74 Å². The van der Waals surface area contributed by atoms with E-state index in [1.165, 1.54) is 0 Å². The molecule has 0 aliphatic heterocycles. The molecule has 0 fully saturated rings. The zero-order valence-corrected chi connectivity index (χ0v) is 8.75. The fraction of sp³-hybridized carbons (Fsp3) is 0.182. The molecular formula is C11H11NOS. The number of rotatable bonds is 3. The third-order valence-electron chi connectivity index (χ3n) is 1.89. The van der Waals surface area contributed by atoms with Gasteiger partial charge in [0.1, 0.15) is 6.10 Å². The van der Waals surface area contributed by atoms with Crippen LogP contribution in [0.25, 0.3) is 10.2 Å². The predicted octanol–water partition coefficient (Wildman–Crippen LogP) is 3.25. The number of benzene rings is 1. The first kappa shape index (κ1) is 9.21. The molecule has 0 spiro atoms. The Balaban J connectivity index is 2.31. The monoisotopic (exact) mass is 205 g/mol. The molecular weight excluding hydrogens is 194 g/mol. The van der Waals surface area contributed by atoms with Gasteiger partial charge in [0.2, 0.25) is 0 Å². The molecule has 0 unspecified atom stereocenters. The smallest absolute Gasteiger partial charge is 0.274 e. The standard InChI is InChI=1S/C11H11NOS/c1-3-8(2)13-11-12-9-6-4-5-7-10(9)14-11/h3-8H,1H2,2H3/t8-/m0/s1. The first-order valence-electron chi connectivity index (χ1n) is 4.44. The number of nitrogens with zero attached hydrogens (tertiary/aromatic N) is 1. The highest BCUT2D eigenvalue weighted by atomic mass is 32.1. The van der Waals surface area contributed by atoms with Crippen molar-refractivity contribution in [3.8, 4) is 5.19 Å². The molecule has 0 N–H and O–H groups in total. The van der Waals surface area contributed by atoms with Gasteiger partial charge in [-0.1, -0.05) is 36.1 Å². The fourth-order valence-corrected chi connectivity index (χ4v) is 2.01. The van der Waals surface area contributed by atoms with E-state index < -0.39 is 0 Å². The van der Waals surface area contributed by atoms with Crippen LogP contribution in [-0.4, -0.2) is 11.1 Å². The number of para-hydroxylation sites is 1. The minimum atomic E-state index is 0.00978. The summed E-state index contributed by atoms with van der Waals surface area (Å²) in [6, 6.07) is 8.00. The normalized spacial score (nSPS) is 12.6. The molecule has 0 saturated heterocycles. The molecule has 2 rings (SSSR count). The van der Waals surface area contributed by atoms with Crippen molar-refractivity contribution in [1.82, 2.24) is 4.98 Å². The van der Waals surface area contributed by atoms with Crippen LogP contribution in [0.4, 0.5) is 0 Å². The minimum Gasteiger partial charge on any atom is -0.463 e. The second kappa shape index (κ2) is 3.80. The Kier molecular flexibility index (Phi) is 2.50. The molecule has 1 heterocycles. The zero-order valence-electron chi connectivity index (χ0n) is 7.93. The van der Waals surface area contributed by atoms with E-state index in [-0.39, 0.29) is 6.10 Å². The van der Waals surface area contributed by atoms with Crippen LogP contribution in [0.1, 0.15) is 6.92 Å². The SMILES string of the molecule is C=C[C@H](C)Oc1nc2ccccc2s1. The summed E-state index contributed by atoms with van der Waals surface area (Å²) in [6.07, 6.45) is 1.77. The molecule has 0 aliphatic rings. The predicted molar refractivity (Wildman–Crippen MR) is 59.9 cm³/mol. The number of ether oxygens (including phenoxy) is 1. The van der Waals surface area contributed by atoms with Crippen LogP contribution in [0.5, 0.6) is 5.19 Å². The lowest BCUT2D eigenvalue weighted by Gasteiger charge is -2.04. The minimum absolute atomic E-state index is 0.00978. The molecule has 0 aliphatic carbocycles. The number of aromatic nitrogens is 1. The Morgan fingerprint density at radius 1 is 1.50 bits per heavy atom. The number of thiazole rings is 1. The molecule has 1 atom stereocenters. The van der Waals surface area contributed by atoms with E-state index in [2.05, 4.69) is 11.6 Å². The average Bonchev–Trinajstić information content (AvgIpc) is 2.59. The molecule has 72 valence electrons. The third-order valence-corrected chi connectivity index (χ3v) is 2.82. The summed E-state index contributed by atoms with van der Waals surface area (Å²) >= 11 is 1.56. The van der Waals surface area contributed by atoms with Crippen molar-refractivity contribution in [2.75, 3.05) is 0 Å². The van der Waals surface area contributed by atoms with Gasteiger partial charge in [-0.05, 0) is 19.1 Å². The zero-order chi connectivity index (χ0) is 9.97. The van der Waals surface area contributed by atoms with Gasteiger partial charge in [-0.3, -0.25) is 0 Å². The Labute approximate surface area is 86.9 Å². The summed E-state index contributed by atoms with van der Waals surface area (Å²) in [5, 5.41) is 0.707. The van der Waals surface area contributed by atoms with Gasteiger partial charge in [-0.15, -0.1) is 0 Å². The Bertz CT molecular complexity index is 416. The van der Waals surface area contributed by atoms with Gasteiger partial charge < -0.3 is 4.74 Å². The van der Waals surface area contributed by atoms with Crippen molar-refractivity contribution in [3.05, 3.63) is 36.9 Å². The van der Waals surface area contributed by atoms with E-state index >= 15 is 0 Å². The van der Waals surface area contributed by atoms with Crippen LogP contribution in [-0.2, 0) is 0 Å². The van der Waals surface area contributed by atoms with E-state index in [0.717, 1.165) is 10.2 Å². The number of hydrogen-bond donors (Lipinski definition) is 0. The lowest BCUT2D eigenvalue weighted by molar-refractivity contribution is 0.269. The summed E-state index contributed by atoms with van der Waals surface area (Å²) in [5.41, 5.74) is 0.990. The maximum Gasteiger partial charge on any atom is 0.274 e. The Morgan fingerprint density at radius 3 is 3.00 bits per heavy atom. The Hall–Kier alpha value is -1.35. The van der Waals surface area contributed by atoms with E-state index in [9.17, 15) is 0 Å². The molecule has 1 aromatic carbocycles. The highest BCUT2D eigenvalue weighted by Gasteiger charge is 2.05. The van der Waals surface area contributed by atoms with E-state index in [0.29, 0.717) is 5.19 Å². The van der Waals surface area contributed by atoms with Crippen LogP contribution in [0, 0.1) is 0 Å². The van der Waals surface area contributed by atoms with Crippen molar-refractivity contribution >= 4 is 21.6 Å². The van der Waals surface area contributed by atoms with E-state index in [4.69, 9.17) is 4.74 Å². The summed E-state index contributed by atoms with van der Waals surface area (Å²) in [4.78, 5) is 4.35. The van der Waals surface area contributed by atoms with Crippen molar-refractivity contribution in [1.29, 1.82) is 0 Å². The lowest BCUT2D eigenvalue weighted by atomic mass is 10.3. The van der Waals surface area contributed by atoms with Crippen LogP contribution < -0.4 is 4.74 Å². The Morgan fingerprint density at radius 2 is 2.29 bits per heavy atom. The van der Waals surface area contributed by atoms with Crippen molar-refractivity contribution in [2.45, 2.75) is 13.0 Å². The molecule has 2 aromatic rings. The van der Waals surface area contributed by atoms with Crippen LogP contribution >= 0.6 is 11.3 Å². The number of hydrogen-bond acceptors (Lipinski definition) is 3. The molecule has 0 radical (unpaired) electrons. The van der Waals surface area contributed by atoms with Crippen LogP contribution in [0.15, 0.2) is 36.9 Å². The summed E-state index contributed by atoms with van der Waals surface area (Å²) in [7, 11) is 0. The van der Waals surface area contributed by atoms with Gasteiger partial charge >= 0.3 is 0 Å². The highest BCUT2D eigenvalue weighted by molar-refractivity contribution is 7.20. The molecule has 14 heavy (non-hydrogen) atoms. The summed E-state index contributed by atoms with van der Waals surface area (Å²) < 4.78 is 6.69. The number of fused-ring (bicyclic) bond motifs is 1. The van der Waals surface area contributed by atoms with Gasteiger partial charge in [0.25, 0.3) is 5.19 Å². The largest absolute Gasteiger partial charge is 0.463 e. The van der Waals surface area contributed by atoms with Gasteiger partial charge in [0.05, 0.1) is 10.2 Å². The van der Waals surface area contributed by atoms with Crippen molar-refractivity contribution in [2.24, 2.45) is 0 Å². The molecule has 0 bridgehead atoms. The second-order valence-electron chi connectivity index (χ2n) is 3.01. The van der Waals surface area contributed by atoms with Crippen molar-refractivity contribution in [3.63, 3.8) is 0 Å². The van der Waals surface area contributed by atoms with Gasteiger partial charge in [0.15, 0.2) is 0 Å². The van der Waals surface area contributed by atoms with E-state index in [1.54, 1.807) is 17.4 Å². The fourth-order valence-electron chi connectivity index (χ4n) is 1.11. The topological polar surface area (TPSA) is 22.1 Å². The van der Waals surface area contributed by atoms with Gasteiger partial charge in [0, 0.05) is 0 Å². The van der Waals surface area contributed by atoms with E-state index in [1.807, 2.05) is 31.2 Å². The molecule has 0 saturated carbocycles. The lowest BCUT2D eigenvalue weighted by Crippen LogP contribution is -2.06. The molecule has 2 nitrogen and oxygen atoms in total. The van der Waals surface area contributed by atoms with Gasteiger partial charge in [-0.25, -0.2) is 4.98 Å². The summed E-state index contributed by atoms with van der Waals surface area (Å²) in [5.74, 6) is 0. The average molecular weight is 205 g/mol. The molecule has 0 amide bonds. The highest BCUT2D eigenvalue weighted by Crippen LogP contribution is 2.27. The first-order valence-corrected chi connectivity index (χ1v) is 5.26. The maximum absolute atomic E-state index is 5.54. The molecule has 1 aromatic heterocycles. The first-order chi connectivity index (χ1) is 6.79. The third kappa shape index (κ3) is 1.77. The van der Waals surface area contributed by atoms with Crippen LogP contribution in [0.2, 0.25) is 0 Å².